The Morgan fingerprint density at radius 1 is 1.10 bits per heavy atom. The van der Waals surface area contributed by atoms with E-state index in [0.717, 1.165) is 36.1 Å². The SMILES string of the molecule is NC(=O)NC(CC(=O)NC1CCCc2occc21)c1cccc(Oc2ccccc2)c1. The van der Waals surface area contributed by atoms with E-state index >= 15 is 0 Å². The number of furan rings is 1. The molecule has 0 aliphatic heterocycles. The summed E-state index contributed by atoms with van der Waals surface area (Å²) in [6, 6.07) is 17.2. The zero-order valence-corrected chi connectivity index (χ0v) is 17.0. The Balaban J connectivity index is 1.47. The zero-order valence-electron chi connectivity index (χ0n) is 17.0. The van der Waals surface area contributed by atoms with Gasteiger partial charge in [0, 0.05) is 12.0 Å². The maximum atomic E-state index is 12.8. The molecule has 160 valence electrons. The summed E-state index contributed by atoms with van der Waals surface area (Å²) in [7, 11) is 0. The van der Waals surface area contributed by atoms with E-state index in [1.54, 1.807) is 12.3 Å². The number of ether oxygens (including phenoxy) is 1. The molecule has 0 radical (unpaired) electrons. The predicted octanol–water partition coefficient (Wildman–Crippen LogP) is 4.37. The van der Waals surface area contributed by atoms with Crippen LogP contribution in [0.15, 0.2) is 71.3 Å². The van der Waals surface area contributed by atoms with E-state index in [1.165, 1.54) is 0 Å². The molecule has 0 saturated carbocycles. The van der Waals surface area contributed by atoms with Gasteiger partial charge in [-0.1, -0.05) is 30.3 Å². The second-order valence-corrected chi connectivity index (χ2v) is 7.56. The highest BCUT2D eigenvalue weighted by atomic mass is 16.5. The molecule has 0 saturated heterocycles. The number of carbonyl (C=O) groups excluding carboxylic acids is 2. The van der Waals surface area contributed by atoms with Gasteiger partial charge in [0.05, 0.1) is 24.8 Å². The Morgan fingerprint density at radius 2 is 1.90 bits per heavy atom. The van der Waals surface area contributed by atoms with Crippen LogP contribution in [0, 0.1) is 0 Å². The molecule has 4 rings (SSSR count). The first-order chi connectivity index (χ1) is 15.1. The largest absolute Gasteiger partial charge is 0.469 e. The van der Waals surface area contributed by atoms with Crippen molar-refractivity contribution < 1.29 is 18.7 Å². The fourth-order valence-corrected chi connectivity index (χ4v) is 3.92. The van der Waals surface area contributed by atoms with Gasteiger partial charge in [0.1, 0.15) is 17.3 Å². The molecule has 4 N–H and O–H groups in total. The number of para-hydroxylation sites is 1. The Kier molecular flexibility index (Phi) is 6.21. The molecule has 0 bridgehead atoms. The number of nitrogens with two attached hydrogens (primary N) is 1. The number of primary amides is 1. The zero-order chi connectivity index (χ0) is 21.6. The van der Waals surface area contributed by atoms with Crippen LogP contribution >= 0.6 is 0 Å². The highest BCUT2D eigenvalue weighted by Crippen LogP contribution is 2.31. The molecule has 0 spiro atoms. The number of aryl methyl sites for hydroxylation is 1. The topological polar surface area (TPSA) is 107 Å². The molecule has 1 heterocycles. The molecule has 1 aromatic heterocycles. The molecule has 2 aromatic carbocycles. The maximum Gasteiger partial charge on any atom is 0.312 e. The quantitative estimate of drug-likeness (QED) is 0.529. The second-order valence-electron chi connectivity index (χ2n) is 7.56. The minimum Gasteiger partial charge on any atom is -0.469 e. The average Bonchev–Trinajstić information content (AvgIpc) is 3.24. The molecular weight excluding hydrogens is 394 g/mol. The lowest BCUT2D eigenvalue weighted by atomic mass is 9.93. The Morgan fingerprint density at radius 3 is 2.71 bits per heavy atom. The van der Waals surface area contributed by atoms with Crippen molar-refractivity contribution in [2.75, 3.05) is 0 Å². The molecule has 7 nitrogen and oxygen atoms in total. The van der Waals surface area contributed by atoms with Gasteiger partial charge in [0.15, 0.2) is 0 Å². The second kappa shape index (κ2) is 9.38. The first-order valence-electron chi connectivity index (χ1n) is 10.3. The number of benzene rings is 2. The normalized spacial score (nSPS) is 16.1. The van der Waals surface area contributed by atoms with Crippen molar-refractivity contribution in [2.24, 2.45) is 5.73 Å². The third-order valence-corrected chi connectivity index (χ3v) is 5.33. The van der Waals surface area contributed by atoms with Gasteiger partial charge in [-0.3, -0.25) is 4.79 Å². The number of hydrogen-bond acceptors (Lipinski definition) is 4. The van der Waals surface area contributed by atoms with E-state index in [9.17, 15) is 9.59 Å². The monoisotopic (exact) mass is 419 g/mol. The van der Waals surface area contributed by atoms with Crippen LogP contribution < -0.4 is 21.1 Å². The molecular formula is C24H25N3O4. The number of amides is 3. The van der Waals surface area contributed by atoms with Crippen molar-refractivity contribution in [3.8, 4) is 11.5 Å². The molecule has 1 aliphatic rings. The van der Waals surface area contributed by atoms with Crippen molar-refractivity contribution in [1.82, 2.24) is 10.6 Å². The third kappa shape index (κ3) is 5.25. The van der Waals surface area contributed by atoms with Crippen LogP contribution in [-0.4, -0.2) is 11.9 Å². The van der Waals surface area contributed by atoms with Crippen molar-refractivity contribution in [1.29, 1.82) is 0 Å². The lowest BCUT2D eigenvalue weighted by Gasteiger charge is -2.24. The van der Waals surface area contributed by atoms with E-state index in [2.05, 4.69) is 10.6 Å². The van der Waals surface area contributed by atoms with Gasteiger partial charge in [0.25, 0.3) is 0 Å². The van der Waals surface area contributed by atoms with Gasteiger partial charge in [-0.25, -0.2) is 4.79 Å². The number of nitrogens with one attached hydrogen (secondary N) is 2. The summed E-state index contributed by atoms with van der Waals surface area (Å²) in [5, 5.41) is 5.74. The van der Waals surface area contributed by atoms with Crippen LogP contribution in [0.5, 0.6) is 11.5 Å². The van der Waals surface area contributed by atoms with Gasteiger partial charge in [0.2, 0.25) is 5.91 Å². The highest BCUT2D eigenvalue weighted by molar-refractivity contribution is 5.79. The van der Waals surface area contributed by atoms with E-state index < -0.39 is 12.1 Å². The number of fused-ring (bicyclic) bond motifs is 1. The van der Waals surface area contributed by atoms with Gasteiger partial charge in [-0.15, -0.1) is 0 Å². The summed E-state index contributed by atoms with van der Waals surface area (Å²) in [5.41, 5.74) is 7.13. The van der Waals surface area contributed by atoms with Crippen molar-refractivity contribution in [3.05, 3.63) is 83.8 Å². The minimum atomic E-state index is -0.693. The first kappa shape index (κ1) is 20.5. The van der Waals surface area contributed by atoms with Crippen LogP contribution in [0.2, 0.25) is 0 Å². The fourth-order valence-electron chi connectivity index (χ4n) is 3.92. The summed E-state index contributed by atoms with van der Waals surface area (Å²) in [4.78, 5) is 24.4. The molecule has 0 fully saturated rings. The molecule has 3 amide bonds. The van der Waals surface area contributed by atoms with Crippen molar-refractivity contribution >= 4 is 11.9 Å². The van der Waals surface area contributed by atoms with Gasteiger partial charge in [-0.2, -0.15) is 0 Å². The van der Waals surface area contributed by atoms with Crippen LogP contribution in [0.25, 0.3) is 0 Å². The van der Waals surface area contributed by atoms with Gasteiger partial charge < -0.3 is 25.5 Å². The Bertz CT molecular complexity index is 1050. The predicted molar refractivity (Wildman–Crippen MR) is 116 cm³/mol. The van der Waals surface area contributed by atoms with E-state index in [-0.39, 0.29) is 18.4 Å². The lowest BCUT2D eigenvalue weighted by molar-refractivity contribution is -0.122. The standard InChI is InChI=1S/C24H25N3O4/c25-24(29)27-21(15-23(28)26-20-10-5-11-22-19(20)12-13-30-22)16-6-4-9-18(14-16)31-17-7-2-1-3-8-17/h1-4,6-9,12-14,20-21H,5,10-11,15H2,(H,26,28)(H3,25,27,29). The number of carbonyl (C=O) groups is 2. The van der Waals surface area contributed by atoms with E-state index in [1.807, 2.05) is 54.6 Å². The average molecular weight is 419 g/mol. The third-order valence-electron chi connectivity index (χ3n) is 5.33. The molecule has 2 unspecified atom stereocenters. The van der Waals surface area contributed by atoms with E-state index in [4.69, 9.17) is 14.9 Å². The highest BCUT2D eigenvalue weighted by Gasteiger charge is 2.26. The summed E-state index contributed by atoms with van der Waals surface area (Å²) >= 11 is 0. The summed E-state index contributed by atoms with van der Waals surface area (Å²) in [6.45, 7) is 0. The van der Waals surface area contributed by atoms with Gasteiger partial charge in [-0.05, 0) is 48.7 Å². The smallest absolute Gasteiger partial charge is 0.312 e. The van der Waals surface area contributed by atoms with Crippen molar-refractivity contribution in [3.63, 3.8) is 0 Å². The molecule has 7 heteroatoms. The summed E-state index contributed by atoms with van der Waals surface area (Å²) in [6.07, 6.45) is 4.40. The Hall–Kier alpha value is -3.74. The molecule has 3 aromatic rings. The van der Waals surface area contributed by atoms with Crippen molar-refractivity contribution in [2.45, 2.75) is 37.8 Å². The van der Waals surface area contributed by atoms with Crippen LogP contribution in [0.3, 0.4) is 0 Å². The fraction of sp³-hybridized carbons (Fsp3) is 0.250. The first-order valence-corrected chi connectivity index (χ1v) is 10.3. The molecule has 2 atom stereocenters. The Labute approximate surface area is 180 Å². The molecule has 31 heavy (non-hydrogen) atoms. The van der Waals surface area contributed by atoms with Gasteiger partial charge >= 0.3 is 6.03 Å². The number of hydrogen-bond donors (Lipinski definition) is 3. The lowest BCUT2D eigenvalue weighted by Crippen LogP contribution is -2.38. The summed E-state index contributed by atoms with van der Waals surface area (Å²) < 4.78 is 11.4. The van der Waals surface area contributed by atoms with Crippen LogP contribution in [-0.2, 0) is 11.2 Å². The minimum absolute atomic E-state index is 0.0570. The number of urea groups is 1. The van der Waals surface area contributed by atoms with Crippen LogP contribution in [0.1, 0.15) is 48.2 Å². The molecule has 1 aliphatic carbocycles. The number of rotatable bonds is 7. The van der Waals surface area contributed by atoms with Crippen LogP contribution in [0.4, 0.5) is 4.79 Å². The van der Waals surface area contributed by atoms with E-state index in [0.29, 0.717) is 11.5 Å². The maximum absolute atomic E-state index is 12.8. The summed E-state index contributed by atoms with van der Waals surface area (Å²) in [5.74, 6) is 2.06.